The zero-order valence-corrected chi connectivity index (χ0v) is 12.7. The van der Waals surface area contributed by atoms with Gasteiger partial charge < -0.3 is 14.9 Å². The highest BCUT2D eigenvalue weighted by Crippen LogP contribution is 2.31. The van der Waals surface area contributed by atoms with E-state index in [1.54, 1.807) is 0 Å². The number of nitrogens with zero attached hydrogens (tertiary/aromatic N) is 1. The van der Waals surface area contributed by atoms with Crippen LogP contribution in [0.3, 0.4) is 0 Å². The van der Waals surface area contributed by atoms with Crippen molar-refractivity contribution in [3.63, 3.8) is 0 Å². The van der Waals surface area contributed by atoms with Crippen molar-refractivity contribution >= 4 is 0 Å². The predicted molar refractivity (Wildman–Crippen MR) is 81.5 cm³/mol. The first-order valence-corrected chi connectivity index (χ1v) is 7.91. The summed E-state index contributed by atoms with van der Waals surface area (Å²) in [5.41, 5.74) is 0.00792. The number of rotatable bonds is 4. The van der Waals surface area contributed by atoms with Crippen LogP contribution in [-0.2, 0) is 0 Å². The van der Waals surface area contributed by atoms with Crippen molar-refractivity contribution in [3.8, 4) is 5.75 Å². The van der Waals surface area contributed by atoms with Crippen LogP contribution < -0.4 is 4.74 Å². The Morgan fingerprint density at radius 2 is 1.95 bits per heavy atom. The number of piperidine rings is 1. The van der Waals surface area contributed by atoms with Crippen LogP contribution in [0.5, 0.6) is 5.75 Å². The SMILES string of the molecule is Cc1ccc(OC[C@@]2(O)CN(C3CCC3)CC[C@@H]2O)cc1. The number of benzene rings is 1. The molecule has 2 atom stereocenters. The molecular weight excluding hydrogens is 266 g/mol. The fourth-order valence-electron chi connectivity index (χ4n) is 3.14. The lowest BCUT2D eigenvalue weighted by Crippen LogP contribution is -2.62. The van der Waals surface area contributed by atoms with Gasteiger partial charge in [0.25, 0.3) is 0 Å². The Labute approximate surface area is 126 Å². The molecule has 1 aliphatic carbocycles. The highest BCUT2D eigenvalue weighted by molar-refractivity contribution is 5.26. The lowest BCUT2D eigenvalue weighted by molar-refractivity contribution is -0.149. The van der Waals surface area contributed by atoms with E-state index in [1.807, 2.05) is 31.2 Å². The number of hydrogen-bond donors (Lipinski definition) is 2. The van der Waals surface area contributed by atoms with Gasteiger partial charge in [0.05, 0.1) is 6.10 Å². The van der Waals surface area contributed by atoms with Gasteiger partial charge in [0.2, 0.25) is 0 Å². The van der Waals surface area contributed by atoms with E-state index in [9.17, 15) is 10.2 Å². The second-order valence-corrected chi connectivity index (χ2v) is 6.56. The molecule has 2 aliphatic rings. The summed E-state index contributed by atoms with van der Waals surface area (Å²) < 4.78 is 5.72. The molecule has 0 radical (unpaired) electrons. The van der Waals surface area contributed by atoms with Crippen LogP contribution in [0.4, 0.5) is 0 Å². The Hall–Kier alpha value is -1.10. The molecule has 116 valence electrons. The van der Waals surface area contributed by atoms with Gasteiger partial charge in [-0.15, -0.1) is 0 Å². The first-order chi connectivity index (χ1) is 10.1. The van der Waals surface area contributed by atoms with Gasteiger partial charge in [-0.05, 0) is 38.3 Å². The van der Waals surface area contributed by atoms with Crippen LogP contribution in [0.15, 0.2) is 24.3 Å². The van der Waals surface area contributed by atoms with E-state index in [4.69, 9.17) is 4.74 Å². The van der Waals surface area contributed by atoms with Gasteiger partial charge in [-0.3, -0.25) is 4.90 Å². The molecule has 4 heteroatoms. The topological polar surface area (TPSA) is 52.9 Å². The average Bonchev–Trinajstić information content (AvgIpc) is 2.41. The Morgan fingerprint density at radius 1 is 1.24 bits per heavy atom. The number of likely N-dealkylation sites (tertiary alicyclic amines) is 1. The van der Waals surface area contributed by atoms with Gasteiger partial charge in [0.15, 0.2) is 0 Å². The summed E-state index contributed by atoms with van der Waals surface area (Å²) in [6.07, 6.45) is 3.61. The fourth-order valence-corrected chi connectivity index (χ4v) is 3.14. The monoisotopic (exact) mass is 291 g/mol. The minimum absolute atomic E-state index is 0.139. The molecular formula is C17H25NO3. The summed E-state index contributed by atoms with van der Waals surface area (Å²) in [5, 5.41) is 21.0. The van der Waals surface area contributed by atoms with Gasteiger partial charge in [-0.2, -0.15) is 0 Å². The Bertz CT molecular complexity index is 471. The van der Waals surface area contributed by atoms with Crippen molar-refractivity contribution in [2.45, 2.75) is 50.4 Å². The Morgan fingerprint density at radius 3 is 2.57 bits per heavy atom. The van der Waals surface area contributed by atoms with Crippen molar-refractivity contribution in [2.24, 2.45) is 0 Å². The molecule has 4 nitrogen and oxygen atoms in total. The van der Waals surface area contributed by atoms with Crippen molar-refractivity contribution in [1.29, 1.82) is 0 Å². The summed E-state index contributed by atoms with van der Waals surface area (Å²) in [6.45, 7) is 3.54. The number of aliphatic hydroxyl groups is 2. The Kier molecular flexibility index (Phi) is 4.20. The molecule has 0 bridgehead atoms. The number of aliphatic hydroxyl groups excluding tert-OH is 1. The van der Waals surface area contributed by atoms with Crippen LogP contribution in [0.1, 0.15) is 31.2 Å². The van der Waals surface area contributed by atoms with Gasteiger partial charge in [0.1, 0.15) is 18.0 Å². The summed E-state index contributed by atoms with van der Waals surface area (Å²) in [4.78, 5) is 2.31. The second-order valence-electron chi connectivity index (χ2n) is 6.56. The molecule has 1 aliphatic heterocycles. The molecule has 0 aromatic heterocycles. The van der Waals surface area contributed by atoms with E-state index in [-0.39, 0.29) is 6.61 Å². The summed E-state index contributed by atoms with van der Waals surface area (Å²) in [6, 6.07) is 8.35. The number of aryl methyl sites for hydroxylation is 1. The van der Waals surface area contributed by atoms with Crippen LogP contribution in [0, 0.1) is 6.92 Å². The summed E-state index contributed by atoms with van der Waals surface area (Å²) in [7, 11) is 0. The Balaban J connectivity index is 1.61. The van der Waals surface area contributed by atoms with Gasteiger partial charge >= 0.3 is 0 Å². The van der Waals surface area contributed by atoms with Gasteiger partial charge in [-0.25, -0.2) is 0 Å². The normalized spacial score (nSPS) is 30.9. The van der Waals surface area contributed by atoms with Gasteiger partial charge in [0, 0.05) is 19.1 Å². The number of ether oxygens (including phenoxy) is 1. The average molecular weight is 291 g/mol. The maximum absolute atomic E-state index is 10.8. The van der Waals surface area contributed by atoms with Crippen LogP contribution in [-0.4, -0.2) is 52.6 Å². The maximum Gasteiger partial charge on any atom is 0.137 e. The van der Waals surface area contributed by atoms with Crippen molar-refractivity contribution in [3.05, 3.63) is 29.8 Å². The third-order valence-corrected chi connectivity index (χ3v) is 4.89. The number of β-amino-alcohol motifs (C(OH)–C–C–N with tert-alkyl or cyclic N) is 1. The van der Waals surface area contributed by atoms with E-state index in [2.05, 4.69) is 4.90 Å². The minimum atomic E-state index is -1.17. The molecule has 2 fully saturated rings. The molecule has 3 rings (SSSR count). The zero-order valence-electron chi connectivity index (χ0n) is 12.7. The largest absolute Gasteiger partial charge is 0.490 e. The van der Waals surface area contributed by atoms with Crippen molar-refractivity contribution in [2.75, 3.05) is 19.7 Å². The smallest absolute Gasteiger partial charge is 0.137 e. The van der Waals surface area contributed by atoms with Crippen LogP contribution >= 0.6 is 0 Å². The predicted octanol–water partition coefficient (Wildman–Crippen LogP) is 1.72. The van der Waals surface area contributed by atoms with E-state index < -0.39 is 11.7 Å². The van der Waals surface area contributed by atoms with Crippen LogP contribution in [0.25, 0.3) is 0 Å². The molecule has 0 spiro atoms. The van der Waals surface area contributed by atoms with E-state index in [1.165, 1.54) is 24.8 Å². The van der Waals surface area contributed by atoms with Crippen LogP contribution in [0.2, 0.25) is 0 Å². The molecule has 1 saturated carbocycles. The van der Waals surface area contributed by atoms with E-state index >= 15 is 0 Å². The molecule has 21 heavy (non-hydrogen) atoms. The molecule has 1 aromatic carbocycles. The summed E-state index contributed by atoms with van der Waals surface area (Å²) in [5.74, 6) is 0.738. The van der Waals surface area contributed by atoms with Crippen molar-refractivity contribution in [1.82, 2.24) is 4.90 Å². The first kappa shape index (κ1) is 14.8. The lowest BCUT2D eigenvalue weighted by Gasteiger charge is -2.47. The second kappa shape index (κ2) is 5.95. The quantitative estimate of drug-likeness (QED) is 0.887. The first-order valence-electron chi connectivity index (χ1n) is 7.91. The highest BCUT2D eigenvalue weighted by atomic mass is 16.5. The van der Waals surface area contributed by atoms with Gasteiger partial charge in [-0.1, -0.05) is 24.1 Å². The molecule has 2 N–H and O–H groups in total. The summed E-state index contributed by atoms with van der Waals surface area (Å²) >= 11 is 0. The maximum atomic E-state index is 10.8. The molecule has 1 heterocycles. The highest BCUT2D eigenvalue weighted by Gasteiger charge is 2.44. The third kappa shape index (κ3) is 3.23. The molecule has 0 unspecified atom stereocenters. The van der Waals surface area contributed by atoms with Crippen molar-refractivity contribution < 1.29 is 14.9 Å². The standard InChI is InChI=1S/C17H25NO3/c1-13-5-7-15(8-6-13)21-12-17(20)11-18(10-9-16(17)19)14-3-2-4-14/h5-8,14,16,19-20H,2-4,9-12H2,1H3/t16-,17-/m0/s1. The third-order valence-electron chi connectivity index (χ3n) is 4.89. The van der Waals surface area contributed by atoms with E-state index in [0.29, 0.717) is 19.0 Å². The fraction of sp³-hybridized carbons (Fsp3) is 0.647. The molecule has 0 amide bonds. The lowest BCUT2D eigenvalue weighted by atomic mass is 9.85. The zero-order chi connectivity index (χ0) is 14.9. The molecule has 1 aromatic rings. The molecule has 1 saturated heterocycles. The van der Waals surface area contributed by atoms with E-state index in [0.717, 1.165) is 12.3 Å². The minimum Gasteiger partial charge on any atom is -0.490 e. The number of hydrogen-bond acceptors (Lipinski definition) is 4.